The Morgan fingerprint density at radius 2 is 1.96 bits per heavy atom. The molecule has 0 fully saturated rings. The summed E-state index contributed by atoms with van der Waals surface area (Å²) in [7, 11) is 1.40. The van der Waals surface area contributed by atoms with Gasteiger partial charge in [0.2, 0.25) is 5.91 Å². The first-order valence-corrected chi connectivity index (χ1v) is 7.40. The Kier molecular flexibility index (Phi) is 5.37. The zero-order chi connectivity index (χ0) is 17.7. The number of carbonyl (C=O) groups is 2. The molecule has 0 saturated carbocycles. The second-order valence-electron chi connectivity index (χ2n) is 5.21. The number of aromatic hydroxyl groups is 1. The second-order valence-corrected chi connectivity index (χ2v) is 5.21. The number of amides is 1. The van der Waals surface area contributed by atoms with Gasteiger partial charge in [0.1, 0.15) is 0 Å². The molecule has 1 amide bonds. The molecular formula is C19H19NO4. The predicted octanol–water partition coefficient (Wildman–Crippen LogP) is 3.32. The minimum atomic E-state index is -0.402. The van der Waals surface area contributed by atoms with E-state index in [1.807, 2.05) is 0 Å². The summed E-state index contributed by atoms with van der Waals surface area (Å²) in [4.78, 5) is 24.5. The molecule has 0 radical (unpaired) electrons. The highest BCUT2D eigenvalue weighted by atomic mass is 16.5. The van der Waals surface area contributed by atoms with Gasteiger partial charge in [0.15, 0.2) is 17.3 Å². The van der Waals surface area contributed by atoms with Crippen LogP contribution in [0.1, 0.15) is 28.4 Å². The third-order valence-corrected chi connectivity index (χ3v) is 3.49. The molecule has 124 valence electrons. The first-order chi connectivity index (χ1) is 11.5. The molecule has 2 aromatic carbocycles. The van der Waals surface area contributed by atoms with E-state index in [2.05, 4.69) is 11.9 Å². The fourth-order valence-electron chi connectivity index (χ4n) is 2.45. The number of benzene rings is 2. The van der Waals surface area contributed by atoms with Crippen molar-refractivity contribution in [3.63, 3.8) is 0 Å². The monoisotopic (exact) mass is 325 g/mol. The summed E-state index contributed by atoms with van der Waals surface area (Å²) in [5.74, 6) is -0.879. The minimum absolute atomic E-state index is 0.00704. The number of allylic oxidation sites excluding steroid dienone is 1. The maximum Gasteiger partial charge on any atom is 0.221 e. The van der Waals surface area contributed by atoms with E-state index in [1.165, 1.54) is 14.0 Å². The van der Waals surface area contributed by atoms with E-state index in [0.717, 1.165) is 0 Å². The Bertz CT molecular complexity index is 782. The summed E-state index contributed by atoms with van der Waals surface area (Å²) in [5.41, 5.74) is 1.31. The van der Waals surface area contributed by atoms with Crippen LogP contribution in [0.25, 0.3) is 0 Å². The molecular weight excluding hydrogens is 306 g/mol. The van der Waals surface area contributed by atoms with E-state index >= 15 is 0 Å². The number of nitrogens with one attached hydrogen (secondary N) is 1. The van der Waals surface area contributed by atoms with Gasteiger partial charge in [0, 0.05) is 12.5 Å². The van der Waals surface area contributed by atoms with Crippen LogP contribution in [-0.2, 0) is 11.2 Å². The molecule has 0 aliphatic carbocycles. The van der Waals surface area contributed by atoms with E-state index in [-0.39, 0.29) is 28.7 Å². The van der Waals surface area contributed by atoms with Gasteiger partial charge in [-0.05, 0) is 18.1 Å². The third-order valence-electron chi connectivity index (χ3n) is 3.49. The Morgan fingerprint density at radius 1 is 1.29 bits per heavy atom. The van der Waals surface area contributed by atoms with Crippen LogP contribution in [0.3, 0.4) is 0 Å². The number of phenols is 1. The van der Waals surface area contributed by atoms with Crippen molar-refractivity contribution in [2.24, 2.45) is 0 Å². The Labute approximate surface area is 140 Å². The standard InChI is InChI=1S/C19H19NO4/c1-4-8-14-11-15(24-3)19(23)16(17(14)20-12(2)21)18(22)13-9-6-5-7-10-13/h4-7,9-11,23H,1,8H2,2-3H3,(H,20,21). The van der Waals surface area contributed by atoms with Crippen molar-refractivity contribution in [3.05, 3.63) is 65.7 Å². The molecule has 2 rings (SSSR count). The first-order valence-electron chi connectivity index (χ1n) is 7.40. The summed E-state index contributed by atoms with van der Waals surface area (Å²) in [6.07, 6.45) is 2.05. The van der Waals surface area contributed by atoms with E-state index in [4.69, 9.17) is 4.74 Å². The maximum atomic E-state index is 12.9. The largest absolute Gasteiger partial charge is 0.504 e. The Hall–Kier alpha value is -3.08. The van der Waals surface area contributed by atoms with Crippen LogP contribution < -0.4 is 10.1 Å². The van der Waals surface area contributed by atoms with Crippen molar-refractivity contribution in [2.75, 3.05) is 12.4 Å². The average molecular weight is 325 g/mol. The highest BCUT2D eigenvalue weighted by Crippen LogP contribution is 2.40. The van der Waals surface area contributed by atoms with Crippen molar-refractivity contribution < 1.29 is 19.4 Å². The normalized spacial score (nSPS) is 10.1. The molecule has 0 aromatic heterocycles. The summed E-state index contributed by atoms with van der Waals surface area (Å²) < 4.78 is 5.17. The van der Waals surface area contributed by atoms with Crippen LogP contribution in [0.15, 0.2) is 49.1 Å². The Morgan fingerprint density at radius 3 is 2.50 bits per heavy atom. The molecule has 0 unspecified atom stereocenters. The number of anilines is 1. The molecule has 5 nitrogen and oxygen atoms in total. The molecule has 0 aliphatic rings. The topological polar surface area (TPSA) is 75.6 Å². The van der Waals surface area contributed by atoms with Crippen LogP contribution in [0.4, 0.5) is 5.69 Å². The SMILES string of the molecule is C=CCc1cc(OC)c(O)c(C(=O)c2ccccc2)c1NC(C)=O. The third kappa shape index (κ3) is 3.46. The van der Waals surface area contributed by atoms with Crippen molar-refractivity contribution >= 4 is 17.4 Å². The fraction of sp³-hybridized carbons (Fsp3) is 0.158. The van der Waals surface area contributed by atoms with Gasteiger partial charge in [-0.3, -0.25) is 9.59 Å². The molecule has 2 N–H and O–H groups in total. The predicted molar refractivity (Wildman–Crippen MR) is 92.7 cm³/mol. The average Bonchev–Trinajstić information content (AvgIpc) is 2.57. The molecule has 0 spiro atoms. The number of carbonyl (C=O) groups excluding carboxylic acids is 2. The van der Waals surface area contributed by atoms with Gasteiger partial charge in [-0.2, -0.15) is 0 Å². The van der Waals surface area contributed by atoms with Gasteiger partial charge >= 0.3 is 0 Å². The van der Waals surface area contributed by atoms with Crippen molar-refractivity contribution in [2.45, 2.75) is 13.3 Å². The van der Waals surface area contributed by atoms with Crippen LogP contribution >= 0.6 is 0 Å². The van der Waals surface area contributed by atoms with Gasteiger partial charge in [-0.15, -0.1) is 6.58 Å². The second kappa shape index (κ2) is 7.46. The highest BCUT2D eigenvalue weighted by molar-refractivity contribution is 6.16. The molecule has 0 bridgehead atoms. The maximum absolute atomic E-state index is 12.9. The number of methoxy groups -OCH3 is 1. The molecule has 2 aromatic rings. The number of phenolic OH excluding ortho intramolecular Hbond substituents is 1. The number of hydrogen-bond donors (Lipinski definition) is 2. The molecule has 0 atom stereocenters. The lowest BCUT2D eigenvalue weighted by Gasteiger charge is -2.18. The lowest BCUT2D eigenvalue weighted by Crippen LogP contribution is -2.14. The lowest BCUT2D eigenvalue weighted by molar-refractivity contribution is -0.114. The van der Waals surface area contributed by atoms with Gasteiger partial charge in [0.25, 0.3) is 0 Å². The van der Waals surface area contributed by atoms with Crippen molar-refractivity contribution in [1.82, 2.24) is 0 Å². The van der Waals surface area contributed by atoms with E-state index < -0.39 is 5.78 Å². The lowest BCUT2D eigenvalue weighted by atomic mass is 9.95. The zero-order valence-electron chi connectivity index (χ0n) is 13.6. The molecule has 0 heterocycles. The summed E-state index contributed by atoms with van der Waals surface area (Å²) in [5, 5.41) is 13.1. The zero-order valence-corrected chi connectivity index (χ0v) is 13.6. The first kappa shape index (κ1) is 17.3. The summed E-state index contributed by atoms with van der Waals surface area (Å²) in [6, 6.07) is 10.1. The highest BCUT2D eigenvalue weighted by Gasteiger charge is 2.25. The molecule has 24 heavy (non-hydrogen) atoms. The van der Waals surface area contributed by atoms with Crippen molar-refractivity contribution in [1.29, 1.82) is 0 Å². The van der Waals surface area contributed by atoms with Gasteiger partial charge in [0.05, 0.1) is 18.4 Å². The summed E-state index contributed by atoms with van der Waals surface area (Å²) >= 11 is 0. The van der Waals surface area contributed by atoms with Crippen molar-refractivity contribution in [3.8, 4) is 11.5 Å². The summed E-state index contributed by atoms with van der Waals surface area (Å²) in [6.45, 7) is 5.03. The van der Waals surface area contributed by atoms with E-state index in [1.54, 1.807) is 42.5 Å². The quantitative estimate of drug-likeness (QED) is 0.631. The number of hydrogen-bond acceptors (Lipinski definition) is 4. The number of rotatable bonds is 6. The number of ether oxygens (including phenoxy) is 1. The fourth-order valence-corrected chi connectivity index (χ4v) is 2.45. The van der Waals surface area contributed by atoms with Crippen LogP contribution in [0.2, 0.25) is 0 Å². The van der Waals surface area contributed by atoms with Crippen LogP contribution in [-0.4, -0.2) is 23.9 Å². The van der Waals surface area contributed by atoms with E-state index in [0.29, 0.717) is 17.5 Å². The van der Waals surface area contributed by atoms with Crippen LogP contribution in [0, 0.1) is 0 Å². The van der Waals surface area contributed by atoms with Crippen LogP contribution in [0.5, 0.6) is 11.5 Å². The molecule has 0 aliphatic heterocycles. The molecule has 5 heteroatoms. The van der Waals surface area contributed by atoms with Gasteiger partial charge in [-0.25, -0.2) is 0 Å². The van der Waals surface area contributed by atoms with E-state index in [9.17, 15) is 14.7 Å². The number of ketones is 1. The van der Waals surface area contributed by atoms with Gasteiger partial charge < -0.3 is 15.2 Å². The smallest absolute Gasteiger partial charge is 0.221 e. The molecule has 0 saturated heterocycles. The van der Waals surface area contributed by atoms with Gasteiger partial charge in [-0.1, -0.05) is 36.4 Å². The minimum Gasteiger partial charge on any atom is -0.504 e. The Balaban J connectivity index is 2.74.